The number of carbonyl (C=O) groups excluding carboxylic acids is 1. The molecule has 26 heavy (non-hydrogen) atoms. The first-order valence-electron chi connectivity index (χ1n) is 8.77. The van der Waals surface area contributed by atoms with Crippen molar-refractivity contribution in [3.63, 3.8) is 0 Å². The summed E-state index contributed by atoms with van der Waals surface area (Å²) in [5.74, 6) is -0.595. The van der Waals surface area contributed by atoms with Gasteiger partial charge in [0.2, 0.25) is 5.91 Å². The molecule has 1 fully saturated rings. The molecule has 0 unspecified atom stereocenters. The van der Waals surface area contributed by atoms with Gasteiger partial charge < -0.3 is 0 Å². The van der Waals surface area contributed by atoms with Gasteiger partial charge in [0, 0.05) is 9.75 Å². The number of hydrogen-bond acceptors (Lipinski definition) is 5. The summed E-state index contributed by atoms with van der Waals surface area (Å²) in [6.45, 7) is 2.10. The smallest absolute Gasteiger partial charge is 0.245 e. The van der Waals surface area contributed by atoms with Gasteiger partial charge in [-0.1, -0.05) is 37.6 Å². The molecule has 7 heteroatoms. The summed E-state index contributed by atoms with van der Waals surface area (Å²) in [6.07, 6.45) is 2.48. The van der Waals surface area contributed by atoms with Gasteiger partial charge in [-0.25, -0.2) is 13.9 Å². The molecule has 3 rings (SSSR count). The molecule has 1 amide bonds. The lowest BCUT2D eigenvalue weighted by molar-refractivity contribution is -0.130. The molecule has 1 saturated heterocycles. The maximum Gasteiger partial charge on any atom is 0.245 e. The summed E-state index contributed by atoms with van der Waals surface area (Å²) in [5.41, 5.74) is 3.88. The summed E-state index contributed by atoms with van der Waals surface area (Å²) in [5, 5.41) is 8.94. The van der Waals surface area contributed by atoms with Crippen molar-refractivity contribution in [3.05, 3.63) is 46.8 Å². The Hall–Kier alpha value is -1.70. The zero-order chi connectivity index (χ0) is 18.8. The third-order valence-corrected chi connectivity index (χ3v) is 9.16. The zero-order valence-corrected chi connectivity index (χ0v) is 16.3. The summed E-state index contributed by atoms with van der Waals surface area (Å²) < 4.78 is 24.6. The molecule has 1 aromatic carbocycles. The summed E-state index contributed by atoms with van der Waals surface area (Å²) in [6, 6.07) is 12.0. The second kappa shape index (κ2) is 7.50. The van der Waals surface area contributed by atoms with Crippen LogP contribution in [-0.4, -0.2) is 25.3 Å². The molecule has 2 heterocycles. The Kier molecular flexibility index (Phi) is 5.50. The van der Waals surface area contributed by atoms with Crippen molar-refractivity contribution in [2.75, 3.05) is 5.75 Å². The number of aryl methyl sites for hydroxylation is 1. The molecular formula is C19H23NO4S2. The lowest BCUT2D eigenvalue weighted by atomic mass is 9.94. The first-order chi connectivity index (χ1) is 12.4. The number of nitrogens with one attached hydrogen (secondary N) is 1. The molecule has 0 spiro atoms. The highest BCUT2D eigenvalue weighted by Crippen LogP contribution is 2.47. The highest BCUT2D eigenvalue weighted by atomic mass is 32.2. The topological polar surface area (TPSA) is 83.5 Å². The van der Waals surface area contributed by atoms with Crippen LogP contribution in [0.25, 0.3) is 10.4 Å². The van der Waals surface area contributed by atoms with Crippen molar-refractivity contribution in [1.82, 2.24) is 5.48 Å². The van der Waals surface area contributed by atoms with Gasteiger partial charge in [0.15, 0.2) is 9.84 Å². The molecule has 1 aromatic heterocycles. The van der Waals surface area contributed by atoms with E-state index in [1.54, 1.807) is 5.48 Å². The molecule has 1 aliphatic heterocycles. The Balaban J connectivity index is 2.02. The predicted molar refractivity (Wildman–Crippen MR) is 103 cm³/mol. The van der Waals surface area contributed by atoms with Crippen LogP contribution in [0.3, 0.4) is 0 Å². The van der Waals surface area contributed by atoms with E-state index in [0.717, 1.165) is 23.3 Å². The average Bonchev–Trinajstić information content (AvgIpc) is 3.14. The number of hydrogen-bond donors (Lipinski definition) is 2. The summed E-state index contributed by atoms with van der Waals surface area (Å²) in [4.78, 5) is 13.5. The van der Waals surface area contributed by atoms with E-state index in [1.165, 1.54) is 16.9 Å². The van der Waals surface area contributed by atoms with Crippen LogP contribution in [0.2, 0.25) is 0 Å². The first-order valence-corrected chi connectivity index (χ1v) is 11.2. The zero-order valence-electron chi connectivity index (χ0n) is 14.7. The Labute approximate surface area is 157 Å². The average molecular weight is 394 g/mol. The normalized spacial score (nSPS) is 22.1. The Morgan fingerprint density at radius 2 is 1.92 bits per heavy atom. The van der Waals surface area contributed by atoms with Crippen LogP contribution in [0.1, 0.15) is 43.0 Å². The van der Waals surface area contributed by atoms with E-state index in [4.69, 9.17) is 5.21 Å². The predicted octanol–water partition coefficient (Wildman–Crippen LogP) is 3.67. The quantitative estimate of drug-likeness (QED) is 0.600. The number of benzene rings is 1. The minimum absolute atomic E-state index is 0.0736. The summed E-state index contributed by atoms with van der Waals surface area (Å²) in [7, 11) is -3.48. The third-order valence-electron chi connectivity index (χ3n) is 5.11. The van der Waals surface area contributed by atoms with Crippen molar-refractivity contribution in [1.29, 1.82) is 0 Å². The molecule has 0 radical (unpaired) electrons. The fraction of sp³-hybridized carbons (Fsp3) is 0.421. The van der Waals surface area contributed by atoms with E-state index in [9.17, 15) is 13.2 Å². The van der Waals surface area contributed by atoms with Gasteiger partial charge in [0.05, 0.1) is 12.2 Å². The lowest BCUT2D eigenvalue weighted by Crippen LogP contribution is -2.43. The van der Waals surface area contributed by atoms with Crippen LogP contribution in [0.4, 0.5) is 0 Å². The molecule has 0 saturated carbocycles. The standard InChI is InChI=1S/C19H23NO4S2/c1-2-14-5-7-15(8-6-14)16-9-10-17(25-16)19(13-18(21)20-22)11-3-4-12-26(19,23)24/h5-10,22H,2-4,11-13H2,1H3,(H,20,21)/t19-/m0/s1. The van der Waals surface area contributed by atoms with E-state index in [1.807, 2.05) is 24.3 Å². The molecule has 2 N–H and O–H groups in total. The second-order valence-corrected chi connectivity index (χ2v) is 10.2. The van der Waals surface area contributed by atoms with Gasteiger partial charge >= 0.3 is 0 Å². The Morgan fingerprint density at radius 1 is 1.19 bits per heavy atom. The Morgan fingerprint density at radius 3 is 2.54 bits per heavy atom. The lowest BCUT2D eigenvalue weighted by Gasteiger charge is -2.35. The first kappa shape index (κ1) is 19.1. The fourth-order valence-corrected chi connectivity index (χ4v) is 7.34. The van der Waals surface area contributed by atoms with Crippen LogP contribution in [0, 0.1) is 0 Å². The molecule has 1 atom stereocenters. The van der Waals surface area contributed by atoms with Gasteiger partial charge in [-0.3, -0.25) is 10.0 Å². The molecular weight excluding hydrogens is 370 g/mol. The number of hydroxylamine groups is 1. The van der Waals surface area contributed by atoms with Crippen LogP contribution in [0.5, 0.6) is 0 Å². The van der Waals surface area contributed by atoms with Crippen molar-refractivity contribution in [2.24, 2.45) is 0 Å². The minimum Gasteiger partial charge on any atom is -0.289 e. The highest BCUT2D eigenvalue weighted by Gasteiger charge is 2.49. The monoisotopic (exact) mass is 393 g/mol. The maximum atomic E-state index is 12.9. The number of amides is 1. The molecule has 2 aromatic rings. The molecule has 140 valence electrons. The van der Waals surface area contributed by atoms with E-state index in [0.29, 0.717) is 17.7 Å². The number of thiophene rings is 1. The van der Waals surface area contributed by atoms with Crippen molar-refractivity contribution >= 4 is 27.1 Å². The fourth-order valence-electron chi connectivity index (χ4n) is 3.56. The minimum atomic E-state index is -3.48. The molecule has 5 nitrogen and oxygen atoms in total. The third kappa shape index (κ3) is 3.43. The van der Waals surface area contributed by atoms with Gasteiger partial charge in [-0.05, 0) is 42.5 Å². The van der Waals surface area contributed by atoms with Gasteiger partial charge in [-0.2, -0.15) is 0 Å². The van der Waals surface area contributed by atoms with E-state index in [-0.39, 0.29) is 12.2 Å². The van der Waals surface area contributed by atoms with Gasteiger partial charge in [0.1, 0.15) is 4.75 Å². The number of carbonyl (C=O) groups is 1. The number of rotatable bonds is 5. The van der Waals surface area contributed by atoms with Gasteiger partial charge in [0.25, 0.3) is 0 Å². The van der Waals surface area contributed by atoms with Crippen LogP contribution in [0.15, 0.2) is 36.4 Å². The van der Waals surface area contributed by atoms with E-state index >= 15 is 0 Å². The Bertz CT molecular complexity index is 887. The summed E-state index contributed by atoms with van der Waals surface area (Å²) >= 11 is 1.42. The van der Waals surface area contributed by atoms with Crippen molar-refractivity contribution in [2.45, 2.75) is 43.8 Å². The number of sulfone groups is 1. The highest BCUT2D eigenvalue weighted by molar-refractivity contribution is 7.92. The van der Waals surface area contributed by atoms with Gasteiger partial charge in [-0.15, -0.1) is 11.3 Å². The van der Waals surface area contributed by atoms with Crippen LogP contribution < -0.4 is 5.48 Å². The SMILES string of the molecule is CCc1ccc(-c2ccc([C@@]3(CC(=O)NO)CCCCS3(=O)=O)s2)cc1. The van der Waals surface area contributed by atoms with E-state index < -0.39 is 20.5 Å². The largest absolute Gasteiger partial charge is 0.289 e. The van der Waals surface area contributed by atoms with Crippen LogP contribution in [-0.2, 0) is 25.8 Å². The maximum absolute atomic E-state index is 12.9. The van der Waals surface area contributed by atoms with Crippen molar-refractivity contribution in [3.8, 4) is 10.4 Å². The second-order valence-electron chi connectivity index (χ2n) is 6.70. The van der Waals surface area contributed by atoms with E-state index in [2.05, 4.69) is 19.1 Å². The molecule has 0 bridgehead atoms. The van der Waals surface area contributed by atoms with Crippen LogP contribution >= 0.6 is 11.3 Å². The molecule has 1 aliphatic rings. The molecule has 0 aliphatic carbocycles. The van der Waals surface area contributed by atoms with Crippen molar-refractivity contribution < 1.29 is 18.4 Å².